The van der Waals surface area contributed by atoms with E-state index < -0.39 is 29.8 Å². The van der Waals surface area contributed by atoms with Gasteiger partial charge in [0.25, 0.3) is 5.56 Å². The van der Waals surface area contributed by atoms with E-state index in [4.69, 9.17) is 0 Å². The highest BCUT2D eigenvalue weighted by molar-refractivity contribution is 5.68. The molecular formula is C7H6F5N5O. The lowest BCUT2D eigenvalue weighted by Gasteiger charge is -2.14. The van der Waals surface area contributed by atoms with Crippen molar-refractivity contribution in [2.24, 2.45) is 5.10 Å². The van der Waals surface area contributed by atoms with E-state index in [2.05, 4.69) is 15.3 Å². The molecule has 2 N–H and O–H groups in total. The molecule has 100 valence electrons. The molecule has 0 amide bonds. The van der Waals surface area contributed by atoms with Crippen LogP contribution in [0.5, 0.6) is 0 Å². The number of hydrogen-bond donors (Lipinski definition) is 2. The highest BCUT2D eigenvalue weighted by atomic mass is 19.4. The number of nitrogens with zero attached hydrogens (tertiary/aromatic N) is 3. The summed E-state index contributed by atoms with van der Waals surface area (Å²) in [5, 5.41) is 9.20. The van der Waals surface area contributed by atoms with Crippen LogP contribution in [0.1, 0.15) is 5.69 Å². The third-order valence-electron chi connectivity index (χ3n) is 1.64. The van der Waals surface area contributed by atoms with Crippen LogP contribution in [0.4, 0.5) is 27.9 Å². The minimum absolute atomic E-state index is 0.00477. The summed E-state index contributed by atoms with van der Waals surface area (Å²) >= 11 is 0. The highest BCUT2D eigenvalue weighted by Crippen LogP contribution is 2.33. The van der Waals surface area contributed by atoms with E-state index in [1.807, 2.05) is 4.98 Å². The summed E-state index contributed by atoms with van der Waals surface area (Å²) < 4.78 is 59.9. The van der Waals surface area contributed by atoms with E-state index in [1.54, 1.807) is 5.43 Å². The van der Waals surface area contributed by atoms with Crippen molar-refractivity contribution >= 4 is 12.2 Å². The summed E-state index contributed by atoms with van der Waals surface area (Å²) in [5.41, 5.74) is 1.03. The third kappa shape index (κ3) is 3.21. The maximum absolute atomic E-state index is 12.4. The molecule has 1 rings (SSSR count). The van der Waals surface area contributed by atoms with E-state index >= 15 is 0 Å². The maximum atomic E-state index is 12.4. The van der Waals surface area contributed by atoms with Gasteiger partial charge in [0.2, 0.25) is 5.95 Å². The number of hydrogen-bond acceptors (Lipinski definition) is 5. The molecule has 1 heterocycles. The predicted octanol–water partition coefficient (Wildman–Crippen LogP) is 1.07. The second-order valence-corrected chi connectivity index (χ2v) is 3.08. The summed E-state index contributed by atoms with van der Waals surface area (Å²) in [4.78, 5) is 13.0. The van der Waals surface area contributed by atoms with Crippen LogP contribution in [0.2, 0.25) is 0 Å². The fourth-order valence-corrected chi connectivity index (χ4v) is 0.691. The molecule has 1 aromatic rings. The second-order valence-electron chi connectivity index (χ2n) is 3.08. The van der Waals surface area contributed by atoms with Gasteiger partial charge in [0, 0.05) is 0 Å². The average Bonchev–Trinajstić information content (AvgIpc) is 2.21. The molecule has 11 heteroatoms. The van der Waals surface area contributed by atoms with Crippen LogP contribution in [0.25, 0.3) is 0 Å². The first-order valence-electron chi connectivity index (χ1n) is 4.32. The van der Waals surface area contributed by atoms with Crippen LogP contribution in [0, 0.1) is 6.92 Å². The summed E-state index contributed by atoms with van der Waals surface area (Å²) in [7, 11) is 0. The van der Waals surface area contributed by atoms with E-state index in [0.29, 0.717) is 0 Å². The van der Waals surface area contributed by atoms with Crippen LogP contribution in [0.15, 0.2) is 9.90 Å². The zero-order valence-corrected chi connectivity index (χ0v) is 8.72. The Morgan fingerprint density at radius 3 is 2.39 bits per heavy atom. The Morgan fingerprint density at radius 2 is 1.89 bits per heavy atom. The zero-order valence-electron chi connectivity index (χ0n) is 8.72. The first kappa shape index (κ1) is 14.0. The number of alkyl halides is 5. The van der Waals surface area contributed by atoms with Crippen molar-refractivity contribution in [2.45, 2.75) is 19.0 Å². The minimum atomic E-state index is -5.75. The van der Waals surface area contributed by atoms with Crippen LogP contribution in [-0.4, -0.2) is 33.5 Å². The van der Waals surface area contributed by atoms with Crippen molar-refractivity contribution in [1.29, 1.82) is 0 Å². The van der Waals surface area contributed by atoms with E-state index in [1.165, 1.54) is 6.92 Å². The Labute approximate surface area is 95.9 Å². The first-order chi connectivity index (χ1) is 8.13. The SMILES string of the molecule is Cc1nnc(N/N=C/C(F)(F)C(F)(F)F)[nH]c1=O. The van der Waals surface area contributed by atoms with Gasteiger partial charge in [-0.05, 0) is 6.92 Å². The molecule has 0 aliphatic carbocycles. The van der Waals surface area contributed by atoms with Crippen molar-refractivity contribution in [3.05, 3.63) is 16.0 Å². The topological polar surface area (TPSA) is 83.0 Å². The summed E-state index contributed by atoms with van der Waals surface area (Å²) in [6, 6.07) is 0. The number of nitrogens with one attached hydrogen (secondary N) is 2. The van der Waals surface area contributed by atoms with Crippen LogP contribution in [0.3, 0.4) is 0 Å². The normalized spacial score (nSPS) is 13.0. The smallest absolute Gasteiger partial charge is 0.288 e. The Bertz CT molecular complexity index is 508. The molecule has 18 heavy (non-hydrogen) atoms. The molecule has 0 atom stereocenters. The fourth-order valence-electron chi connectivity index (χ4n) is 0.691. The quantitative estimate of drug-likeness (QED) is 0.489. The number of anilines is 1. The van der Waals surface area contributed by atoms with Crippen LogP contribution in [-0.2, 0) is 0 Å². The number of hydrazone groups is 1. The van der Waals surface area contributed by atoms with E-state index in [0.717, 1.165) is 0 Å². The number of aromatic amines is 1. The van der Waals surface area contributed by atoms with Crippen molar-refractivity contribution in [3.8, 4) is 0 Å². The summed E-state index contributed by atoms with van der Waals surface area (Å²) in [6.07, 6.45) is -6.39. The number of aryl methyl sites for hydroxylation is 1. The molecule has 0 aliphatic heterocycles. The maximum Gasteiger partial charge on any atom is 0.459 e. The first-order valence-corrected chi connectivity index (χ1v) is 4.32. The van der Waals surface area contributed by atoms with Crippen molar-refractivity contribution in [1.82, 2.24) is 15.2 Å². The lowest BCUT2D eigenvalue weighted by atomic mass is 10.4. The highest BCUT2D eigenvalue weighted by Gasteiger charge is 2.56. The lowest BCUT2D eigenvalue weighted by Crippen LogP contribution is -2.38. The molecule has 0 aliphatic rings. The van der Waals surface area contributed by atoms with Gasteiger partial charge in [0.15, 0.2) is 0 Å². The van der Waals surface area contributed by atoms with Gasteiger partial charge in [-0.15, -0.1) is 10.2 Å². The third-order valence-corrected chi connectivity index (χ3v) is 1.64. The minimum Gasteiger partial charge on any atom is -0.288 e. The van der Waals surface area contributed by atoms with Crippen molar-refractivity contribution in [2.75, 3.05) is 5.43 Å². The zero-order chi connectivity index (χ0) is 14.0. The van der Waals surface area contributed by atoms with Crippen molar-refractivity contribution in [3.63, 3.8) is 0 Å². The standard InChI is InChI=1S/C7H6F5N5O/c1-3-4(18)14-5(17-15-3)16-13-2-6(8,9)7(10,11)12/h2H,1H3,(H2,14,16,17,18)/b13-2+. The molecule has 0 bridgehead atoms. The van der Waals surface area contributed by atoms with Gasteiger partial charge < -0.3 is 0 Å². The van der Waals surface area contributed by atoms with Crippen LogP contribution < -0.4 is 11.0 Å². The number of rotatable bonds is 3. The molecule has 1 aromatic heterocycles. The molecule has 0 saturated carbocycles. The van der Waals surface area contributed by atoms with Gasteiger partial charge in [0.1, 0.15) is 11.9 Å². The summed E-state index contributed by atoms with van der Waals surface area (Å²) in [6.45, 7) is 1.33. The lowest BCUT2D eigenvalue weighted by molar-refractivity contribution is -0.247. The Kier molecular flexibility index (Phi) is 3.62. The fraction of sp³-hybridized carbons (Fsp3) is 0.429. The molecule has 0 spiro atoms. The molecule has 0 aromatic carbocycles. The molecule has 0 radical (unpaired) electrons. The number of aromatic nitrogens is 3. The van der Waals surface area contributed by atoms with E-state index in [9.17, 15) is 26.7 Å². The van der Waals surface area contributed by atoms with Gasteiger partial charge >= 0.3 is 12.1 Å². The number of halogens is 5. The van der Waals surface area contributed by atoms with Gasteiger partial charge in [-0.3, -0.25) is 9.78 Å². The largest absolute Gasteiger partial charge is 0.459 e. The molecular weight excluding hydrogens is 265 g/mol. The average molecular weight is 271 g/mol. The molecule has 0 unspecified atom stereocenters. The second kappa shape index (κ2) is 4.66. The van der Waals surface area contributed by atoms with Gasteiger partial charge in [-0.1, -0.05) is 0 Å². The molecule has 0 fully saturated rings. The molecule has 6 nitrogen and oxygen atoms in total. The van der Waals surface area contributed by atoms with Crippen molar-refractivity contribution < 1.29 is 22.0 Å². The Balaban J connectivity index is 2.76. The van der Waals surface area contributed by atoms with Gasteiger partial charge in [-0.25, -0.2) is 5.43 Å². The van der Waals surface area contributed by atoms with Crippen LogP contribution >= 0.6 is 0 Å². The van der Waals surface area contributed by atoms with Gasteiger partial charge in [-0.2, -0.15) is 27.1 Å². The van der Waals surface area contributed by atoms with E-state index in [-0.39, 0.29) is 5.69 Å². The Hall–Kier alpha value is -2.07. The number of H-pyrrole nitrogens is 1. The predicted molar refractivity (Wildman–Crippen MR) is 50.5 cm³/mol. The summed E-state index contributed by atoms with van der Waals surface area (Å²) in [5.74, 6) is -5.54. The monoisotopic (exact) mass is 271 g/mol. The van der Waals surface area contributed by atoms with Gasteiger partial charge in [0.05, 0.1) is 0 Å². The molecule has 0 saturated heterocycles. The Morgan fingerprint density at radius 1 is 1.28 bits per heavy atom.